The van der Waals surface area contributed by atoms with Gasteiger partial charge in [0.05, 0.1) is 11.4 Å². The zero-order valence-corrected chi connectivity index (χ0v) is 16.6. The number of anilines is 1. The molecule has 0 aliphatic heterocycles. The number of phenolic OH excluding ortho intramolecular Hbond substituents is 1. The number of carbonyl (C=O) groups is 2. The van der Waals surface area contributed by atoms with Gasteiger partial charge >= 0.3 is 0 Å². The summed E-state index contributed by atoms with van der Waals surface area (Å²) in [5.74, 6) is -0.512. The molecule has 0 atom stereocenters. The second-order valence-corrected chi connectivity index (χ2v) is 6.64. The molecule has 0 unspecified atom stereocenters. The third kappa shape index (κ3) is 4.43. The zero-order valence-electron chi connectivity index (χ0n) is 16.6. The minimum absolute atomic E-state index is 0.0000254. The van der Waals surface area contributed by atoms with Crippen LogP contribution in [-0.4, -0.2) is 32.0 Å². The Balaban J connectivity index is 1.81. The van der Waals surface area contributed by atoms with Gasteiger partial charge in [0.25, 0.3) is 5.91 Å². The number of amides is 2. The number of aromatic hydroxyl groups is 1. The summed E-state index contributed by atoms with van der Waals surface area (Å²) < 4.78 is 1.69. The molecule has 0 bridgehead atoms. The summed E-state index contributed by atoms with van der Waals surface area (Å²) in [4.78, 5) is 28.8. The number of hydrogen-bond donors (Lipinski definition) is 3. The van der Waals surface area contributed by atoms with Crippen molar-refractivity contribution in [3.05, 3.63) is 59.5 Å². The van der Waals surface area contributed by atoms with Gasteiger partial charge in [-0.1, -0.05) is 13.0 Å². The third-order valence-electron chi connectivity index (χ3n) is 4.39. The van der Waals surface area contributed by atoms with Crippen molar-refractivity contribution in [2.75, 3.05) is 5.32 Å². The molecule has 3 aromatic rings. The van der Waals surface area contributed by atoms with E-state index >= 15 is 0 Å². The first-order valence-electron chi connectivity index (χ1n) is 9.32. The Kier molecular flexibility index (Phi) is 5.92. The number of rotatable bonds is 6. The largest absolute Gasteiger partial charge is 0.507 e. The van der Waals surface area contributed by atoms with Gasteiger partial charge in [-0.3, -0.25) is 14.0 Å². The van der Waals surface area contributed by atoms with Crippen LogP contribution >= 0.6 is 0 Å². The summed E-state index contributed by atoms with van der Waals surface area (Å²) in [5, 5.41) is 17.1. The normalized spacial score (nSPS) is 11.5. The van der Waals surface area contributed by atoms with Crippen molar-refractivity contribution in [1.29, 1.82) is 0 Å². The second kappa shape index (κ2) is 8.55. The molecule has 0 aliphatic carbocycles. The third-order valence-corrected chi connectivity index (χ3v) is 4.39. The molecule has 0 spiro atoms. The highest BCUT2D eigenvalue weighted by molar-refractivity contribution is 6.04. The number of imidazole rings is 1. The van der Waals surface area contributed by atoms with Crippen molar-refractivity contribution in [2.24, 2.45) is 5.10 Å². The molecule has 0 saturated carbocycles. The van der Waals surface area contributed by atoms with E-state index in [4.69, 9.17) is 0 Å². The van der Waals surface area contributed by atoms with Gasteiger partial charge in [-0.2, -0.15) is 5.10 Å². The van der Waals surface area contributed by atoms with E-state index in [0.29, 0.717) is 40.4 Å². The summed E-state index contributed by atoms with van der Waals surface area (Å²) in [6.07, 6.45) is 2.92. The molecule has 2 heterocycles. The number of aromatic nitrogens is 2. The van der Waals surface area contributed by atoms with Crippen LogP contribution in [0.4, 0.5) is 5.69 Å². The van der Waals surface area contributed by atoms with Crippen LogP contribution in [0.1, 0.15) is 48.4 Å². The molecule has 2 aromatic heterocycles. The fourth-order valence-corrected chi connectivity index (χ4v) is 2.99. The molecule has 3 rings (SSSR count). The predicted molar refractivity (Wildman–Crippen MR) is 111 cm³/mol. The predicted octanol–water partition coefficient (Wildman–Crippen LogP) is 3.24. The summed E-state index contributed by atoms with van der Waals surface area (Å²) in [6, 6.07) is 10.2. The van der Waals surface area contributed by atoms with Crippen LogP contribution in [0.25, 0.3) is 5.65 Å². The highest BCUT2D eigenvalue weighted by Gasteiger charge is 2.16. The molecule has 0 radical (unpaired) electrons. The van der Waals surface area contributed by atoms with Crippen LogP contribution < -0.4 is 10.7 Å². The number of pyridine rings is 1. The maximum absolute atomic E-state index is 12.6. The summed E-state index contributed by atoms with van der Waals surface area (Å²) >= 11 is 0. The Morgan fingerprint density at radius 1 is 1.24 bits per heavy atom. The van der Waals surface area contributed by atoms with Crippen LogP contribution in [0.3, 0.4) is 0 Å². The van der Waals surface area contributed by atoms with E-state index in [1.54, 1.807) is 36.6 Å². The lowest BCUT2D eigenvalue weighted by atomic mass is 10.1. The van der Waals surface area contributed by atoms with E-state index < -0.39 is 5.91 Å². The fraction of sp³-hybridized carbons (Fsp3) is 0.238. The monoisotopic (exact) mass is 393 g/mol. The quantitative estimate of drug-likeness (QED) is 0.339. The molecule has 29 heavy (non-hydrogen) atoms. The van der Waals surface area contributed by atoms with Crippen LogP contribution in [-0.2, 0) is 4.79 Å². The van der Waals surface area contributed by atoms with E-state index in [1.807, 2.05) is 25.1 Å². The number of fused-ring (bicyclic) bond motifs is 1. The van der Waals surface area contributed by atoms with Crippen molar-refractivity contribution < 1.29 is 14.7 Å². The minimum atomic E-state index is -0.410. The summed E-state index contributed by atoms with van der Waals surface area (Å²) in [5.41, 5.74) is 5.52. The number of hydrazone groups is 1. The van der Waals surface area contributed by atoms with Gasteiger partial charge in [-0.15, -0.1) is 0 Å². The Bertz CT molecular complexity index is 1100. The maximum Gasteiger partial charge on any atom is 0.290 e. The average Bonchev–Trinajstić information content (AvgIpc) is 3.03. The number of aryl methyl sites for hydroxylation is 1. The summed E-state index contributed by atoms with van der Waals surface area (Å²) in [7, 11) is 0. The highest BCUT2D eigenvalue weighted by Crippen LogP contribution is 2.22. The SMILES string of the molecule is CCCC(=O)Nc1ccc(O)c(/C(C)=N/NC(=O)c2c(C)nc3ccccn23)c1. The van der Waals surface area contributed by atoms with Crippen molar-refractivity contribution in [2.45, 2.75) is 33.6 Å². The fourth-order valence-electron chi connectivity index (χ4n) is 2.99. The molecule has 8 nitrogen and oxygen atoms in total. The van der Waals surface area contributed by atoms with Crippen molar-refractivity contribution in [3.8, 4) is 5.75 Å². The number of phenols is 1. The zero-order chi connectivity index (χ0) is 21.0. The van der Waals surface area contributed by atoms with Gasteiger partial charge in [-0.25, -0.2) is 10.4 Å². The van der Waals surface area contributed by atoms with Crippen molar-refractivity contribution >= 4 is 28.9 Å². The Hall–Kier alpha value is -3.68. The van der Waals surface area contributed by atoms with Gasteiger partial charge in [0.2, 0.25) is 5.91 Å². The molecule has 1 aromatic carbocycles. The van der Waals surface area contributed by atoms with E-state index in [1.165, 1.54) is 6.07 Å². The molecule has 150 valence electrons. The Morgan fingerprint density at radius 2 is 2.03 bits per heavy atom. The second-order valence-electron chi connectivity index (χ2n) is 6.64. The van der Waals surface area contributed by atoms with Crippen molar-refractivity contribution in [3.63, 3.8) is 0 Å². The van der Waals surface area contributed by atoms with Gasteiger partial charge in [0.1, 0.15) is 17.1 Å². The molecule has 2 amide bonds. The summed E-state index contributed by atoms with van der Waals surface area (Å²) in [6.45, 7) is 5.34. The number of nitrogens with zero attached hydrogens (tertiary/aromatic N) is 3. The van der Waals surface area contributed by atoms with E-state index in [2.05, 4.69) is 20.8 Å². The molecular formula is C21H23N5O3. The molecule has 0 saturated heterocycles. The van der Waals surface area contributed by atoms with Gasteiger partial charge in [0, 0.05) is 23.9 Å². The highest BCUT2D eigenvalue weighted by atomic mass is 16.3. The van der Waals surface area contributed by atoms with E-state index in [0.717, 1.165) is 6.42 Å². The number of carbonyl (C=O) groups excluding carboxylic acids is 2. The number of benzene rings is 1. The smallest absolute Gasteiger partial charge is 0.290 e. The maximum atomic E-state index is 12.6. The molecule has 0 fully saturated rings. The molecular weight excluding hydrogens is 370 g/mol. The van der Waals surface area contributed by atoms with Gasteiger partial charge < -0.3 is 10.4 Å². The van der Waals surface area contributed by atoms with Crippen LogP contribution in [0, 0.1) is 6.92 Å². The lowest BCUT2D eigenvalue weighted by Crippen LogP contribution is -2.22. The minimum Gasteiger partial charge on any atom is -0.507 e. The van der Waals surface area contributed by atoms with E-state index in [9.17, 15) is 14.7 Å². The average molecular weight is 393 g/mol. The Labute approximate surface area is 168 Å². The van der Waals surface area contributed by atoms with Gasteiger partial charge in [0.15, 0.2) is 0 Å². The topological polar surface area (TPSA) is 108 Å². The lowest BCUT2D eigenvalue weighted by molar-refractivity contribution is -0.116. The Morgan fingerprint density at radius 3 is 2.79 bits per heavy atom. The lowest BCUT2D eigenvalue weighted by Gasteiger charge is -2.09. The van der Waals surface area contributed by atoms with E-state index in [-0.39, 0.29) is 11.7 Å². The number of hydrogen-bond acceptors (Lipinski definition) is 5. The van der Waals surface area contributed by atoms with Crippen LogP contribution in [0.15, 0.2) is 47.7 Å². The first-order chi connectivity index (χ1) is 13.9. The molecule has 0 aliphatic rings. The van der Waals surface area contributed by atoms with Gasteiger partial charge in [-0.05, 0) is 50.6 Å². The molecule has 3 N–H and O–H groups in total. The first-order valence-corrected chi connectivity index (χ1v) is 9.32. The number of nitrogens with one attached hydrogen (secondary N) is 2. The first kappa shape index (κ1) is 20.1. The van der Waals surface area contributed by atoms with Crippen molar-refractivity contribution in [1.82, 2.24) is 14.8 Å². The van der Waals surface area contributed by atoms with Crippen LogP contribution in [0.5, 0.6) is 5.75 Å². The molecule has 8 heteroatoms. The van der Waals surface area contributed by atoms with Crippen LogP contribution in [0.2, 0.25) is 0 Å². The standard InChI is InChI=1S/C21H23N5O3/c1-4-7-19(28)23-15-9-10-17(27)16(12-15)13(2)24-25-21(29)20-14(3)22-18-8-5-6-11-26(18)20/h5-6,8-12,27H,4,7H2,1-3H3,(H,23,28)(H,25,29)/b24-13+.